The molecule has 0 radical (unpaired) electrons. The third-order valence-electron chi connectivity index (χ3n) is 2.85. The maximum Gasteiger partial charge on any atom is 0.262 e. The van der Waals surface area contributed by atoms with Gasteiger partial charge in [0.15, 0.2) is 0 Å². The van der Waals surface area contributed by atoms with Gasteiger partial charge in [-0.3, -0.25) is 4.79 Å². The lowest BCUT2D eigenvalue weighted by Gasteiger charge is -2.05. The summed E-state index contributed by atoms with van der Waals surface area (Å²) in [4.78, 5) is 12.8. The monoisotopic (exact) mass is 337 g/mol. The van der Waals surface area contributed by atoms with E-state index in [1.54, 1.807) is 6.92 Å². The molecule has 0 aliphatic heterocycles. The molecule has 1 N–H and O–H groups in total. The van der Waals surface area contributed by atoms with Crippen LogP contribution in [0.5, 0.6) is 0 Å². The molecule has 0 aliphatic carbocycles. The summed E-state index contributed by atoms with van der Waals surface area (Å²) in [6.45, 7) is 6.58. The van der Waals surface area contributed by atoms with Gasteiger partial charge in [-0.15, -0.1) is 11.3 Å². The molecule has 1 heterocycles. The Labute approximate surface area is 129 Å². The molecule has 1 rings (SSSR count). The van der Waals surface area contributed by atoms with Gasteiger partial charge in [-0.05, 0) is 25.3 Å². The average Bonchev–Trinajstić information content (AvgIpc) is 2.70. The highest BCUT2D eigenvalue weighted by atomic mass is 35.7. The fourth-order valence-corrected chi connectivity index (χ4v) is 4.37. The first-order chi connectivity index (χ1) is 9.21. The van der Waals surface area contributed by atoms with E-state index in [1.165, 1.54) is 6.07 Å². The number of halogens is 1. The van der Waals surface area contributed by atoms with Gasteiger partial charge in [0.1, 0.15) is 0 Å². The van der Waals surface area contributed by atoms with Crippen LogP contribution < -0.4 is 5.32 Å². The van der Waals surface area contributed by atoms with Gasteiger partial charge in [0, 0.05) is 22.1 Å². The predicted molar refractivity (Wildman–Crippen MR) is 83.1 cm³/mol. The molecular weight excluding hydrogens is 318 g/mol. The quantitative estimate of drug-likeness (QED) is 0.611. The number of hydrogen-bond donors (Lipinski definition) is 1. The number of rotatable bonds is 7. The van der Waals surface area contributed by atoms with E-state index in [4.69, 9.17) is 10.7 Å². The minimum Gasteiger partial charge on any atom is -0.351 e. The van der Waals surface area contributed by atoms with E-state index in [1.807, 2.05) is 0 Å². The van der Waals surface area contributed by atoms with Crippen molar-refractivity contribution in [3.8, 4) is 0 Å². The van der Waals surface area contributed by atoms with E-state index < -0.39 is 9.05 Å². The van der Waals surface area contributed by atoms with Gasteiger partial charge in [0.2, 0.25) is 0 Å². The third-order valence-corrected chi connectivity index (χ3v) is 5.48. The van der Waals surface area contributed by atoms with Gasteiger partial charge in [0.05, 0.1) is 9.77 Å². The molecule has 1 aromatic heterocycles. The van der Waals surface area contributed by atoms with Crippen LogP contribution in [-0.2, 0) is 9.05 Å². The SMILES string of the molecule is Cc1sc(C(=O)NCCCCC(C)C)cc1S(=O)(=O)Cl. The summed E-state index contributed by atoms with van der Waals surface area (Å²) in [5.74, 6) is 0.427. The largest absolute Gasteiger partial charge is 0.351 e. The van der Waals surface area contributed by atoms with Gasteiger partial charge in [-0.25, -0.2) is 8.42 Å². The zero-order valence-corrected chi connectivity index (χ0v) is 14.3. The molecule has 0 bridgehead atoms. The second-order valence-electron chi connectivity index (χ2n) is 5.11. The zero-order chi connectivity index (χ0) is 15.3. The lowest BCUT2D eigenvalue weighted by molar-refractivity contribution is 0.0957. The second kappa shape index (κ2) is 7.43. The van der Waals surface area contributed by atoms with Crippen LogP contribution in [0, 0.1) is 12.8 Å². The van der Waals surface area contributed by atoms with E-state index in [0.29, 0.717) is 22.2 Å². The summed E-state index contributed by atoms with van der Waals surface area (Å²) < 4.78 is 22.6. The van der Waals surface area contributed by atoms with Crippen LogP contribution >= 0.6 is 22.0 Å². The highest BCUT2D eigenvalue weighted by molar-refractivity contribution is 8.13. The first kappa shape index (κ1) is 17.5. The van der Waals surface area contributed by atoms with Crippen LogP contribution in [0.1, 0.15) is 47.7 Å². The van der Waals surface area contributed by atoms with E-state index >= 15 is 0 Å². The lowest BCUT2D eigenvalue weighted by atomic mass is 10.1. The Balaban J connectivity index is 2.53. The Hall–Kier alpha value is -0.590. The van der Waals surface area contributed by atoms with Crippen molar-refractivity contribution < 1.29 is 13.2 Å². The van der Waals surface area contributed by atoms with Crippen LogP contribution in [-0.4, -0.2) is 20.9 Å². The summed E-state index contributed by atoms with van der Waals surface area (Å²) in [6, 6.07) is 1.34. The first-order valence-corrected chi connectivity index (χ1v) is 9.67. The molecule has 114 valence electrons. The maximum atomic E-state index is 11.9. The van der Waals surface area contributed by atoms with Gasteiger partial charge in [0.25, 0.3) is 15.0 Å². The Morgan fingerprint density at radius 2 is 2.05 bits per heavy atom. The summed E-state index contributed by atoms with van der Waals surface area (Å²) in [5.41, 5.74) is 0. The van der Waals surface area contributed by atoms with Crippen LogP contribution in [0.2, 0.25) is 0 Å². The number of hydrogen-bond acceptors (Lipinski definition) is 4. The zero-order valence-electron chi connectivity index (χ0n) is 11.9. The van der Waals surface area contributed by atoms with Crippen molar-refractivity contribution in [1.29, 1.82) is 0 Å². The van der Waals surface area contributed by atoms with Crippen molar-refractivity contribution in [3.05, 3.63) is 15.8 Å². The predicted octanol–water partition coefficient (Wildman–Crippen LogP) is 3.54. The van der Waals surface area contributed by atoms with Crippen LogP contribution in [0.15, 0.2) is 11.0 Å². The minimum atomic E-state index is -3.78. The molecule has 0 aliphatic rings. The molecule has 0 saturated heterocycles. The summed E-state index contributed by atoms with van der Waals surface area (Å²) in [7, 11) is 1.52. The molecule has 0 fully saturated rings. The number of carbonyl (C=O) groups excluding carboxylic acids is 1. The molecule has 0 spiro atoms. The molecule has 20 heavy (non-hydrogen) atoms. The molecule has 7 heteroatoms. The number of aryl methyl sites for hydroxylation is 1. The molecule has 4 nitrogen and oxygen atoms in total. The van der Waals surface area contributed by atoms with Crippen LogP contribution in [0.4, 0.5) is 0 Å². The highest BCUT2D eigenvalue weighted by Crippen LogP contribution is 2.28. The molecule has 0 aromatic carbocycles. The topological polar surface area (TPSA) is 63.2 Å². The van der Waals surface area contributed by atoms with Crippen molar-refractivity contribution >= 4 is 37.0 Å². The number of carbonyl (C=O) groups is 1. The summed E-state index contributed by atoms with van der Waals surface area (Å²) in [6.07, 6.45) is 3.14. The van der Waals surface area contributed by atoms with Gasteiger partial charge in [-0.1, -0.05) is 26.7 Å². The third kappa shape index (κ3) is 5.42. The maximum absolute atomic E-state index is 11.9. The molecule has 0 atom stereocenters. The van der Waals surface area contributed by atoms with Crippen molar-refractivity contribution in [2.75, 3.05) is 6.54 Å². The standard InChI is InChI=1S/C13H20ClNO3S2/c1-9(2)6-4-5-7-15-13(16)11-8-12(10(3)19-11)20(14,17)18/h8-9H,4-7H2,1-3H3,(H,15,16). The fourth-order valence-electron chi connectivity index (χ4n) is 1.79. The van der Waals surface area contributed by atoms with Crippen molar-refractivity contribution in [3.63, 3.8) is 0 Å². The van der Waals surface area contributed by atoms with Gasteiger partial charge >= 0.3 is 0 Å². The molecule has 0 saturated carbocycles. The minimum absolute atomic E-state index is 0.0223. The highest BCUT2D eigenvalue weighted by Gasteiger charge is 2.20. The van der Waals surface area contributed by atoms with Crippen LogP contribution in [0.25, 0.3) is 0 Å². The van der Waals surface area contributed by atoms with E-state index in [9.17, 15) is 13.2 Å². The average molecular weight is 338 g/mol. The van der Waals surface area contributed by atoms with Crippen LogP contribution in [0.3, 0.4) is 0 Å². The van der Waals surface area contributed by atoms with Gasteiger partial charge in [-0.2, -0.15) is 0 Å². The van der Waals surface area contributed by atoms with Crippen molar-refractivity contribution in [1.82, 2.24) is 5.32 Å². The number of unbranched alkanes of at least 4 members (excludes halogenated alkanes) is 1. The normalized spacial score (nSPS) is 11.8. The molecule has 1 aromatic rings. The molecule has 1 amide bonds. The Morgan fingerprint density at radius 1 is 1.40 bits per heavy atom. The smallest absolute Gasteiger partial charge is 0.262 e. The van der Waals surface area contributed by atoms with Gasteiger partial charge < -0.3 is 5.32 Å². The van der Waals surface area contributed by atoms with Crippen molar-refractivity contribution in [2.45, 2.75) is 44.9 Å². The first-order valence-electron chi connectivity index (χ1n) is 6.55. The van der Waals surface area contributed by atoms with Crippen molar-refractivity contribution in [2.24, 2.45) is 5.92 Å². The Bertz CT molecular complexity index is 564. The fraction of sp³-hybridized carbons (Fsp3) is 0.615. The van der Waals surface area contributed by atoms with E-state index in [0.717, 1.165) is 30.6 Å². The molecular formula is C13H20ClNO3S2. The number of amides is 1. The summed E-state index contributed by atoms with van der Waals surface area (Å²) in [5, 5.41) is 2.80. The lowest BCUT2D eigenvalue weighted by Crippen LogP contribution is -2.23. The Kier molecular flexibility index (Phi) is 6.48. The number of thiophene rings is 1. The van der Waals surface area contributed by atoms with E-state index in [2.05, 4.69) is 19.2 Å². The van der Waals surface area contributed by atoms with E-state index in [-0.39, 0.29) is 10.8 Å². The summed E-state index contributed by atoms with van der Waals surface area (Å²) >= 11 is 1.14. The Morgan fingerprint density at radius 3 is 2.55 bits per heavy atom. The second-order valence-corrected chi connectivity index (χ2v) is 8.91. The molecule has 0 unspecified atom stereocenters. The number of nitrogens with one attached hydrogen (secondary N) is 1.